The van der Waals surface area contributed by atoms with Crippen LogP contribution < -0.4 is 5.32 Å². The van der Waals surface area contributed by atoms with Gasteiger partial charge in [-0.25, -0.2) is 13.2 Å². The number of carboxylic acid groups (broad SMARTS) is 1. The highest BCUT2D eigenvalue weighted by molar-refractivity contribution is 7.89. The summed E-state index contributed by atoms with van der Waals surface area (Å²) >= 11 is 0. The molecule has 5 rings (SSSR count). The van der Waals surface area contributed by atoms with E-state index < -0.39 is 34.0 Å². The molecule has 10 heteroatoms. The topological polar surface area (TPSA) is 134 Å². The number of Topliss-reactive ketones (excluding diaryl/α,β-unsaturated/α-hetero) is 1. The average molecular weight is 590 g/mol. The Bertz CT molecular complexity index is 1560. The number of pyridine rings is 1. The summed E-state index contributed by atoms with van der Waals surface area (Å²) in [7, 11) is -3.89. The van der Waals surface area contributed by atoms with Crippen molar-refractivity contribution in [1.29, 1.82) is 0 Å². The average Bonchev–Trinajstić information content (AvgIpc) is 3.49. The molecule has 1 aromatic heterocycles. The molecule has 1 amide bonds. The molecule has 2 N–H and O–H groups in total. The van der Waals surface area contributed by atoms with Gasteiger partial charge in [0.2, 0.25) is 15.9 Å². The van der Waals surface area contributed by atoms with Gasteiger partial charge in [-0.15, -0.1) is 0 Å². The number of nitrogens with zero attached hydrogens (tertiary/aromatic N) is 2. The van der Waals surface area contributed by atoms with Gasteiger partial charge in [-0.1, -0.05) is 48.5 Å². The quantitative estimate of drug-likeness (QED) is 0.351. The molecule has 220 valence electrons. The Morgan fingerprint density at radius 2 is 1.62 bits per heavy atom. The number of rotatable bonds is 11. The molecule has 42 heavy (non-hydrogen) atoms. The molecule has 0 saturated carbocycles. The molecule has 2 atom stereocenters. The molecular formula is C32H35N3O6S. The summed E-state index contributed by atoms with van der Waals surface area (Å²) in [5.41, 5.74) is 4.66. The molecular weight excluding hydrogens is 554 g/mol. The molecule has 2 heterocycles. The molecule has 1 aliphatic heterocycles. The van der Waals surface area contributed by atoms with Gasteiger partial charge in [0.15, 0.2) is 0 Å². The Hall–Kier alpha value is -3.89. The molecule has 9 nitrogen and oxygen atoms in total. The summed E-state index contributed by atoms with van der Waals surface area (Å²) in [5, 5.41) is 12.4. The van der Waals surface area contributed by atoms with Gasteiger partial charge < -0.3 is 10.4 Å². The fraction of sp³-hybridized carbons (Fsp3) is 0.375. The van der Waals surface area contributed by atoms with Crippen LogP contribution in [0.3, 0.4) is 0 Å². The summed E-state index contributed by atoms with van der Waals surface area (Å²) < 4.78 is 27.4. The number of amides is 1. The zero-order valence-corrected chi connectivity index (χ0v) is 24.2. The van der Waals surface area contributed by atoms with Crippen LogP contribution in [0.25, 0.3) is 0 Å². The van der Waals surface area contributed by atoms with Crippen LogP contribution in [0.1, 0.15) is 53.8 Å². The molecule has 1 aliphatic carbocycles. The Balaban J connectivity index is 1.18. The van der Waals surface area contributed by atoms with E-state index in [9.17, 15) is 27.9 Å². The minimum atomic E-state index is -3.89. The first kappa shape index (κ1) is 29.6. The third-order valence-electron chi connectivity index (χ3n) is 7.95. The highest BCUT2D eigenvalue weighted by atomic mass is 32.2. The number of aliphatic carboxylic acids is 1. The van der Waals surface area contributed by atoms with E-state index >= 15 is 0 Å². The Morgan fingerprint density at radius 3 is 2.36 bits per heavy atom. The maximum Gasteiger partial charge on any atom is 0.326 e. The van der Waals surface area contributed by atoms with Crippen LogP contribution in [-0.4, -0.2) is 59.1 Å². The summed E-state index contributed by atoms with van der Waals surface area (Å²) in [6.45, 7) is 0.190. The van der Waals surface area contributed by atoms with Crippen LogP contribution in [0.4, 0.5) is 0 Å². The Labute approximate surface area is 246 Å². The molecule has 2 aliphatic rings. The van der Waals surface area contributed by atoms with Crippen LogP contribution in [0, 0.1) is 0 Å². The molecule has 2 aromatic carbocycles. The van der Waals surface area contributed by atoms with Crippen LogP contribution in [0.5, 0.6) is 0 Å². The molecule has 1 fully saturated rings. The fourth-order valence-corrected chi connectivity index (χ4v) is 7.41. The van der Waals surface area contributed by atoms with Crippen molar-refractivity contribution in [3.8, 4) is 0 Å². The second kappa shape index (κ2) is 13.0. The first-order valence-corrected chi connectivity index (χ1v) is 15.8. The number of fused-ring (bicyclic) bond motifs is 1. The van der Waals surface area contributed by atoms with Crippen molar-refractivity contribution in [2.45, 2.75) is 74.8 Å². The number of hydrogen-bond donors (Lipinski definition) is 2. The van der Waals surface area contributed by atoms with Crippen molar-refractivity contribution < 1.29 is 27.9 Å². The normalized spacial score (nSPS) is 17.8. The van der Waals surface area contributed by atoms with Crippen molar-refractivity contribution in [2.75, 3.05) is 6.54 Å². The van der Waals surface area contributed by atoms with Gasteiger partial charge in [-0.2, -0.15) is 4.31 Å². The molecule has 0 radical (unpaired) electrons. The number of sulfonamides is 1. The highest BCUT2D eigenvalue weighted by Crippen LogP contribution is 2.26. The van der Waals surface area contributed by atoms with E-state index in [0.717, 1.165) is 40.5 Å². The molecule has 0 unspecified atom stereocenters. The second-order valence-corrected chi connectivity index (χ2v) is 12.9. The smallest absolute Gasteiger partial charge is 0.326 e. The Morgan fingerprint density at radius 1 is 0.905 bits per heavy atom. The second-order valence-electron chi connectivity index (χ2n) is 11.0. The van der Waals surface area contributed by atoms with E-state index in [2.05, 4.69) is 11.4 Å². The van der Waals surface area contributed by atoms with Gasteiger partial charge in [0.25, 0.3) is 0 Å². The summed E-state index contributed by atoms with van der Waals surface area (Å²) in [4.78, 5) is 42.7. The SMILES string of the molecule is O=C(Cc1ccc(C[C@H](NC(=O)[C@@H]2CCCN2S(=O)(=O)c2ccccc2)C(=O)O)cc1)Cc1ccc2c(n1)CCCC2. The standard InChI is InChI=1S/C32H35N3O6S/c36-26(21-25-17-16-24-7-4-5-10-28(24)33-25)19-22-12-14-23(15-13-22)20-29(32(38)39)34-31(37)30-11-6-18-35(30)42(40,41)27-8-2-1-3-9-27/h1-3,8-9,12-17,29-30H,4-7,10-11,18-21H2,(H,34,37)(H,38,39)/t29-,30-/m0/s1. The lowest BCUT2D eigenvalue weighted by Gasteiger charge is -2.25. The first-order chi connectivity index (χ1) is 20.2. The maximum atomic E-state index is 13.1. The zero-order chi connectivity index (χ0) is 29.7. The van der Waals surface area contributed by atoms with E-state index in [1.54, 1.807) is 42.5 Å². The van der Waals surface area contributed by atoms with Crippen molar-refractivity contribution in [3.63, 3.8) is 0 Å². The fourth-order valence-electron chi connectivity index (χ4n) is 5.73. The van der Waals surface area contributed by atoms with Crippen LogP contribution >= 0.6 is 0 Å². The monoisotopic (exact) mass is 589 g/mol. The lowest BCUT2D eigenvalue weighted by atomic mass is 9.95. The first-order valence-electron chi connectivity index (χ1n) is 14.4. The minimum absolute atomic E-state index is 0.0203. The highest BCUT2D eigenvalue weighted by Gasteiger charge is 2.40. The van der Waals surface area contributed by atoms with E-state index in [-0.39, 0.29) is 36.5 Å². The lowest BCUT2D eigenvalue weighted by Crippen LogP contribution is -2.51. The van der Waals surface area contributed by atoms with E-state index in [0.29, 0.717) is 18.4 Å². The number of carbonyl (C=O) groups is 3. The van der Waals surface area contributed by atoms with Crippen molar-refractivity contribution >= 4 is 27.7 Å². The summed E-state index contributed by atoms with van der Waals surface area (Å²) in [6, 6.07) is 16.8. The van der Waals surface area contributed by atoms with E-state index in [1.807, 2.05) is 6.07 Å². The van der Waals surface area contributed by atoms with Gasteiger partial charge in [-0.3, -0.25) is 14.6 Å². The van der Waals surface area contributed by atoms with Gasteiger partial charge >= 0.3 is 5.97 Å². The van der Waals surface area contributed by atoms with Gasteiger partial charge in [0.05, 0.1) is 4.90 Å². The third kappa shape index (κ3) is 6.94. The Kier molecular flexibility index (Phi) is 9.13. The van der Waals surface area contributed by atoms with Gasteiger partial charge in [-0.05, 0) is 73.4 Å². The number of carbonyl (C=O) groups excluding carboxylic acids is 2. The predicted molar refractivity (Wildman–Crippen MR) is 156 cm³/mol. The van der Waals surface area contributed by atoms with E-state index in [1.165, 1.54) is 24.1 Å². The van der Waals surface area contributed by atoms with Crippen molar-refractivity contribution in [1.82, 2.24) is 14.6 Å². The predicted octanol–water partition coefficient (Wildman–Crippen LogP) is 3.28. The maximum absolute atomic E-state index is 13.1. The van der Waals surface area contributed by atoms with E-state index in [4.69, 9.17) is 4.98 Å². The minimum Gasteiger partial charge on any atom is -0.480 e. The van der Waals surface area contributed by atoms with Crippen molar-refractivity contribution in [3.05, 3.63) is 94.8 Å². The zero-order valence-electron chi connectivity index (χ0n) is 23.4. The summed E-state index contributed by atoms with van der Waals surface area (Å²) in [6.07, 6.45) is 5.66. The number of carboxylic acids is 1. The van der Waals surface area contributed by atoms with Crippen LogP contribution in [0.2, 0.25) is 0 Å². The number of ketones is 1. The summed E-state index contributed by atoms with van der Waals surface area (Å²) in [5.74, 6) is -1.79. The van der Waals surface area contributed by atoms with Crippen LogP contribution in [-0.2, 0) is 56.5 Å². The number of nitrogens with one attached hydrogen (secondary N) is 1. The third-order valence-corrected chi connectivity index (χ3v) is 9.87. The number of hydrogen-bond acceptors (Lipinski definition) is 6. The molecule has 1 saturated heterocycles. The lowest BCUT2D eigenvalue weighted by molar-refractivity contribution is -0.142. The van der Waals surface area contributed by atoms with Gasteiger partial charge in [0, 0.05) is 37.2 Å². The largest absolute Gasteiger partial charge is 0.480 e. The number of aromatic nitrogens is 1. The van der Waals surface area contributed by atoms with Crippen molar-refractivity contribution in [2.24, 2.45) is 0 Å². The molecule has 0 bridgehead atoms. The molecule has 0 spiro atoms. The molecule has 3 aromatic rings. The van der Waals surface area contributed by atoms with Gasteiger partial charge in [0.1, 0.15) is 17.9 Å². The number of aryl methyl sites for hydroxylation is 2. The number of benzene rings is 2. The van der Waals surface area contributed by atoms with Crippen LogP contribution in [0.15, 0.2) is 71.6 Å².